The Labute approximate surface area is 175 Å². The second kappa shape index (κ2) is 8.56. The molecule has 8 heteroatoms. The number of nitrogens with zero attached hydrogens (tertiary/aromatic N) is 3. The van der Waals surface area contributed by atoms with Gasteiger partial charge in [0, 0.05) is 43.7 Å². The molecule has 158 valence electrons. The molecule has 0 atom stereocenters. The molecule has 2 fully saturated rings. The third-order valence-corrected chi connectivity index (χ3v) is 5.62. The van der Waals surface area contributed by atoms with E-state index in [1.54, 1.807) is 12.3 Å². The summed E-state index contributed by atoms with van der Waals surface area (Å²) in [6.07, 6.45) is 4.26. The average molecular weight is 411 g/mol. The number of aromatic nitrogens is 2. The highest BCUT2D eigenvalue weighted by Gasteiger charge is 2.27. The zero-order valence-corrected chi connectivity index (χ0v) is 16.8. The summed E-state index contributed by atoms with van der Waals surface area (Å²) in [5.41, 5.74) is 12.2. The SMILES string of the molecule is Nc1ccc(-c2nc(N3CCC(N)CC3)ncc2C#CC2(O)CCOCC2)cc1F. The molecule has 3 heterocycles. The number of piperidine rings is 1. The van der Waals surface area contributed by atoms with Gasteiger partial charge in [0.15, 0.2) is 0 Å². The molecule has 2 saturated heterocycles. The van der Waals surface area contributed by atoms with Crippen LogP contribution in [0.15, 0.2) is 24.4 Å². The Hall–Kier alpha value is -2.73. The maximum Gasteiger partial charge on any atom is 0.225 e. The fourth-order valence-electron chi connectivity index (χ4n) is 3.63. The van der Waals surface area contributed by atoms with E-state index in [1.807, 2.05) is 0 Å². The summed E-state index contributed by atoms with van der Waals surface area (Å²) in [4.78, 5) is 11.3. The van der Waals surface area contributed by atoms with Crippen LogP contribution in [0, 0.1) is 17.7 Å². The van der Waals surface area contributed by atoms with Crippen LogP contribution >= 0.6 is 0 Å². The lowest BCUT2D eigenvalue weighted by molar-refractivity contribution is -0.0261. The van der Waals surface area contributed by atoms with E-state index in [4.69, 9.17) is 21.2 Å². The predicted molar refractivity (Wildman–Crippen MR) is 113 cm³/mol. The Morgan fingerprint density at radius 3 is 2.67 bits per heavy atom. The Morgan fingerprint density at radius 2 is 1.97 bits per heavy atom. The van der Waals surface area contributed by atoms with Gasteiger partial charge < -0.3 is 26.2 Å². The van der Waals surface area contributed by atoms with Crippen molar-refractivity contribution in [2.45, 2.75) is 37.3 Å². The van der Waals surface area contributed by atoms with Gasteiger partial charge in [-0.3, -0.25) is 0 Å². The van der Waals surface area contributed by atoms with Gasteiger partial charge in [0.25, 0.3) is 0 Å². The molecule has 0 unspecified atom stereocenters. The molecule has 7 nitrogen and oxygen atoms in total. The largest absolute Gasteiger partial charge is 0.396 e. The first kappa shape index (κ1) is 20.5. The maximum absolute atomic E-state index is 14.1. The van der Waals surface area contributed by atoms with Crippen molar-refractivity contribution in [3.05, 3.63) is 35.8 Å². The molecule has 0 spiro atoms. The second-order valence-corrected chi connectivity index (χ2v) is 7.89. The van der Waals surface area contributed by atoms with Crippen LogP contribution in [0.25, 0.3) is 11.3 Å². The van der Waals surface area contributed by atoms with Crippen LogP contribution in [-0.4, -0.2) is 53.0 Å². The number of nitrogens with two attached hydrogens (primary N) is 2. The minimum Gasteiger partial charge on any atom is -0.396 e. The van der Waals surface area contributed by atoms with E-state index in [9.17, 15) is 9.50 Å². The highest BCUT2D eigenvalue weighted by atomic mass is 19.1. The summed E-state index contributed by atoms with van der Waals surface area (Å²) in [7, 11) is 0. The molecule has 2 aromatic rings. The van der Waals surface area contributed by atoms with Crippen LogP contribution in [0.4, 0.5) is 16.0 Å². The molecule has 30 heavy (non-hydrogen) atoms. The lowest BCUT2D eigenvalue weighted by atomic mass is 9.94. The van der Waals surface area contributed by atoms with Crippen molar-refractivity contribution in [1.29, 1.82) is 0 Å². The van der Waals surface area contributed by atoms with Crippen LogP contribution in [0.5, 0.6) is 0 Å². The van der Waals surface area contributed by atoms with Crippen LogP contribution in [0.1, 0.15) is 31.2 Å². The summed E-state index contributed by atoms with van der Waals surface area (Å²) in [6.45, 7) is 2.46. The van der Waals surface area contributed by atoms with Gasteiger partial charge in [-0.05, 0) is 25.0 Å². The van der Waals surface area contributed by atoms with Crippen LogP contribution in [-0.2, 0) is 4.74 Å². The van der Waals surface area contributed by atoms with Gasteiger partial charge in [-0.15, -0.1) is 0 Å². The molecular formula is C22H26FN5O2. The van der Waals surface area contributed by atoms with Crippen molar-refractivity contribution in [3.63, 3.8) is 0 Å². The third-order valence-electron chi connectivity index (χ3n) is 5.62. The van der Waals surface area contributed by atoms with E-state index < -0.39 is 11.4 Å². The van der Waals surface area contributed by atoms with Crippen molar-refractivity contribution >= 4 is 11.6 Å². The Morgan fingerprint density at radius 1 is 1.23 bits per heavy atom. The standard InChI is InChI=1S/C22H26FN5O2/c23-18-13-15(1-2-19(18)25)20-16(3-6-22(29)7-11-30-12-8-22)14-26-21(27-20)28-9-4-17(24)5-10-28/h1-2,13-14,17,29H,4-5,7-12,24-25H2. The molecule has 1 aromatic heterocycles. The van der Waals surface area contributed by atoms with Gasteiger partial charge >= 0.3 is 0 Å². The van der Waals surface area contributed by atoms with E-state index >= 15 is 0 Å². The van der Waals surface area contributed by atoms with Crippen molar-refractivity contribution in [2.75, 3.05) is 36.9 Å². The maximum atomic E-state index is 14.1. The number of hydrogen-bond donors (Lipinski definition) is 3. The molecule has 0 radical (unpaired) electrons. The number of hydrogen-bond acceptors (Lipinski definition) is 7. The van der Waals surface area contributed by atoms with Crippen LogP contribution < -0.4 is 16.4 Å². The first-order valence-corrected chi connectivity index (χ1v) is 10.2. The van der Waals surface area contributed by atoms with Crippen molar-refractivity contribution < 1.29 is 14.2 Å². The number of nitrogen functional groups attached to an aromatic ring is 1. The van der Waals surface area contributed by atoms with Crippen LogP contribution in [0.3, 0.4) is 0 Å². The molecule has 0 bridgehead atoms. The van der Waals surface area contributed by atoms with Crippen molar-refractivity contribution in [3.8, 4) is 23.1 Å². The fourth-order valence-corrected chi connectivity index (χ4v) is 3.63. The normalized spacial score (nSPS) is 19.2. The van der Waals surface area contributed by atoms with Gasteiger partial charge in [-0.1, -0.05) is 17.9 Å². The van der Waals surface area contributed by atoms with Gasteiger partial charge in [0.1, 0.15) is 11.4 Å². The molecule has 5 N–H and O–H groups in total. The summed E-state index contributed by atoms with van der Waals surface area (Å²) < 4.78 is 19.5. The second-order valence-electron chi connectivity index (χ2n) is 7.89. The first-order valence-electron chi connectivity index (χ1n) is 10.2. The summed E-state index contributed by atoms with van der Waals surface area (Å²) >= 11 is 0. The molecule has 2 aliphatic rings. The molecule has 4 rings (SSSR count). The van der Waals surface area contributed by atoms with E-state index in [2.05, 4.69) is 21.7 Å². The fraction of sp³-hybridized carbons (Fsp3) is 0.455. The number of ether oxygens (including phenoxy) is 1. The summed E-state index contributed by atoms with van der Waals surface area (Å²) in [5, 5.41) is 10.7. The van der Waals surface area contributed by atoms with Crippen molar-refractivity contribution in [2.24, 2.45) is 5.73 Å². The quantitative estimate of drug-likeness (QED) is 0.509. The van der Waals surface area contributed by atoms with E-state index in [0.717, 1.165) is 25.9 Å². The number of aliphatic hydroxyl groups is 1. The Kier molecular flexibility index (Phi) is 5.86. The van der Waals surface area contributed by atoms with Gasteiger partial charge in [-0.25, -0.2) is 14.4 Å². The van der Waals surface area contributed by atoms with Gasteiger partial charge in [-0.2, -0.15) is 0 Å². The Balaban J connectivity index is 1.72. The molecule has 0 saturated carbocycles. The highest BCUT2D eigenvalue weighted by Crippen LogP contribution is 2.27. The van der Waals surface area contributed by atoms with Crippen LogP contribution in [0.2, 0.25) is 0 Å². The highest BCUT2D eigenvalue weighted by molar-refractivity contribution is 5.70. The minimum atomic E-state index is -1.11. The smallest absolute Gasteiger partial charge is 0.225 e. The molecular weight excluding hydrogens is 385 g/mol. The topological polar surface area (TPSA) is 111 Å². The third kappa shape index (κ3) is 4.54. The molecule has 0 aliphatic carbocycles. The molecule has 2 aliphatic heterocycles. The monoisotopic (exact) mass is 411 g/mol. The number of halogens is 1. The van der Waals surface area contributed by atoms with E-state index in [1.165, 1.54) is 12.1 Å². The zero-order chi connectivity index (χ0) is 21.1. The van der Waals surface area contributed by atoms with Gasteiger partial charge in [0.05, 0.1) is 30.2 Å². The Bertz CT molecular complexity index is 973. The zero-order valence-electron chi connectivity index (χ0n) is 16.8. The van der Waals surface area contributed by atoms with E-state index in [-0.39, 0.29) is 11.7 Å². The lowest BCUT2D eigenvalue weighted by Gasteiger charge is -2.30. The average Bonchev–Trinajstić information content (AvgIpc) is 2.75. The first-order chi connectivity index (χ1) is 14.4. The van der Waals surface area contributed by atoms with Crippen molar-refractivity contribution in [1.82, 2.24) is 9.97 Å². The summed E-state index contributed by atoms with van der Waals surface area (Å²) in [6, 6.07) is 4.76. The summed E-state index contributed by atoms with van der Waals surface area (Å²) in [5.74, 6) is 6.02. The molecule has 0 amide bonds. The lowest BCUT2D eigenvalue weighted by Crippen LogP contribution is -2.40. The number of anilines is 2. The molecule has 1 aromatic carbocycles. The number of rotatable bonds is 2. The minimum absolute atomic E-state index is 0.0715. The van der Waals surface area contributed by atoms with E-state index in [0.29, 0.717) is 48.8 Å². The van der Waals surface area contributed by atoms with Gasteiger partial charge in [0.2, 0.25) is 5.95 Å². The predicted octanol–water partition coefficient (Wildman–Crippen LogP) is 1.69. The number of benzene rings is 1.